The van der Waals surface area contributed by atoms with Gasteiger partial charge in [-0.25, -0.2) is 9.59 Å². The van der Waals surface area contributed by atoms with E-state index in [-0.39, 0.29) is 11.7 Å². The first-order valence-corrected chi connectivity index (χ1v) is 4.30. The summed E-state index contributed by atoms with van der Waals surface area (Å²) in [6.45, 7) is 1.81. The van der Waals surface area contributed by atoms with Gasteiger partial charge in [0, 0.05) is 0 Å². The van der Waals surface area contributed by atoms with E-state index in [4.69, 9.17) is 4.74 Å². The van der Waals surface area contributed by atoms with Crippen LogP contribution in [-0.2, 0) is 9.53 Å². The number of ether oxygens (including phenoxy) is 1. The summed E-state index contributed by atoms with van der Waals surface area (Å²) in [6, 6.07) is 7.10. The molecule has 0 spiro atoms. The number of fused-ring (bicyclic) bond motifs is 1. The number of carbonyl (C=O) groups is 1. The van der Waals surface area contributed by atoms with E-state index in [9.17, 15) is 9.59 Å². The lowest BCUT2D eigenvalue weighted by Gasteiger charge is -2.21. The molecule has 1 atom stereocenters. The zero-order chi connectivity index (χ0) is 10.1. The van der Waals surface area contributed by atoms with E-state index in [0.29, 0.717) is 5.56 Å². The molecule has 0 N–H and O–H groups in total. The second kappa shape index (κ2) is 3.13. The van der Waals surface area contributed by atoms with E-state index in [1.807, 2.05) is 19.1 Å². The number of esters is 1. The minimum atomic E-state index is -0.475. The Hall–Kier alpha value is -1.86. The summed E-state index contributed by atoms with van der Waals surface area (Å²) >= 11 is 0. The van der Waals surface area contributed by atoms with Crippen LogP contribution in [0.25, 0.3) is 0 Å². The summed E-state index contributed by atoms with van der Waals surface area (Å²) in [4.78, 5) is 21.9. The molecular formula is C11H8O3. The molecule has 1 aromatic rings. The van der Waals surface area contributed by atoms with Gasteiger partial charge in [0.1, 0.15) is 0 Å². The quantitative estimate of drug-likeness (QED) is 0.459. The van der Waals surface area contributed by atoms with Crippen molar-refractivity contribution in [1.29, 1.82) is 0 Å². The van der Waals surface area contributed by atoms with Gasteiger partial charge in [0.05, 0.1) is 11.5 Å². The lowest BCUT2D eigenvalue weighted by molar-refractivity contribution is 0.0588. The summed E-state index contributed by atoms with van der Waals surface area (Å²) < 4.78 is 4.83. The maximum atomic E-state index is 11.4. The van der Waals surface area contributed by atoms with Crippen molar-refractivity contribution >= 4 is 11.9 Å². The van der Waals surface area contributed by atoms with Gasteiger partial charge in [-0.15, -0.1) is 0 Å². The SMILES string of the molecule is CC1C(=C=O)OC(=O)c2ccccc21. The maximum absolute atomic E-state index is 11.4. The minimum absolute atomic E-state index is 0.0636. The first kappa shape index (κ1) is 8.73. The van der Waals surface area contributed by atoms with Crippen molar-refractivity contribution in [2.45, 2.75) is 12.8 Å². The molecule has 1 aliphatic heterocycles. The summed E-state index contributed by atoms with van der Waals surface area (Å²) in [5, 5.41) is 0. The molecule has 0 aliphatic carbocycles. The Balaban J connectivity index is 2.62. The molecular weight excluding hydrogens is 180 g/mol. The molecule has 1 unspecified atom stereocenters. The third-order valence-electron chi connectivity index (χ3n) is 2.34. The van der Waals surface area contributed by atoms with Gasteiger partial charge >= 0.3 is 5.97 Å². The topological polar surface area (TPSA) is 43.4 Å². The molecule has 14 heavy (non-hydrogen) atoms. The molecule has 0 saturated carbocycles. The van der Waals surface area contributed by atoms with Crippen molar-refractivity contribution in [3.05, 3.63) is 41.2 Å². The second-order valence-corrected chi connectivity index (χ2v) is 3.16. The van der Waals surface area contributed by atoms with E-state index >= 15 is 0 Å². The van der Waals surface area contributed by atoms with E-state index in [1.54, 1.807) is 18.1 Å². The molecule has 0 fully saturated rings. The van der Waals surface area contributed by atoms with Crippen LogP contribution in [0.2, 0.25) is 0 Å². The monoisotopic (exact) mass is 188 g/mol. The maximum Gasteiger partial charge on any atom is 0.344 e. The van der Waals surface area contributed by atoms with Gasteiger partial charge in [-0.2, -0.15) is 0 Å². The number of allylic oxidation sites excluding steroid dienone is 1. The largest absolute Gasteiger partial charge is 0.415 e. The molecule has 70 valence electrons. The van der Waals surface area contributed by atoms with E-state index in [1.165, 1.54) is 0 Å². The van der Waals surface area contributed by atoms with Crippen molar-refractivity contribution in [3.8, 4) is 0 Å². The van der Waals surface area contributed by atoms with Gasteiger partial charge < -0.3 is 4.74 Å². The minimum Gasteiger partial charge on any atom is -0.415 e. The highest BCUT2D eigenvalue weighted by molar-refractivity contribution is 5.94. The summed E-state index contributed by atoms with van der Waals surface area (Å²) in [7, 11) is 0. The first-order chi connectivity index (χ1) is 6.74. The molecule has 0 amide bonds. The van der Waals surface area contributed by atoms with Crippen LogP contribution in [0.4, 0.5) is 0 Å². The fourth-order valence-corrected chi connectivity index (χ4v) is 1.55. The average molecular weight is 188 g/mol. The highest BCUT2D eigenvalue weighted by Crippen LogP contribution is 2.31. The van der Waals surface area contributed by atoms with Crippen LogP contribution in [0.3, 0.4) is 0 Å². The van der Waals surface area contributed by atoms with Crippen molar-refractivity contribution in [3.63, 3.8) is 0 Å². The Bertz CT molecular complexity index is 442. The first-order valence-electron chi connectivity index (χ1n) is 4.30. The zero-order valence-electron chi connectivity index (χ0n) is 7.61. The summed E-state index contributed by atoms with van der Waals surface area (Å²) in [6.07, 6.45) is 0. The Morgan fingerprint density at radius 3 is 2.79 bits per heavy atom. The van der Waals surface area contributed by atoms with Gasteiger partial charge in [-0.3, -0.25) is 0 Å². The Kier molecular flexibility index (Phi) is 1.95. The standard InChI is InChI=1S/C11H8O3/c1-7-8-4-2-3-5-9(8)11(13)14-10(7)6-12/h2-5,7H,1H3. The van der Waals surface area contributed by atoms with Crippen LogP contribution in [0.5, 0.6) is 0 Å². The molecule has 2 rings (SSSR count). The fraction of sp³-hybridized carbons (Fsp3) is 0.182. The Morgan fingerprint density at radius 1 is 1.36 bits per heavy atom. The normalized spacial score (nSPS) is 19.6. The van der Waals surface area contributed by atoms with Crippen molar-refractivity contribution < 1.29 is 14.3 Å². The summed E-state index contributed by atoms with van der Waals surface area (Å²) in [5.41, 5.74) is 1.35. The average Bonchev–Trinajstić information content (AvgIpc) is 2.23. The summed E-state index contributed by atoms with van der Waals surface area (Å²) in [5.74, 6) is 1.04. The number of carbonyl (C=O) groups excluding carboxylic acids is 2. The third kappa shape index (κ3) is 1.15. The van der Waals surface area contributed by atoms with Gasteiger partial charge in [0.25, 0.3) is 0 Å². The van der Waals surface area contributed by atoms with Crippen molar-refractivity contribution in [2.75, 3.05) is 0 Å². The molecule has 1 heterocycles. The lowest BCUT2D eigenvalue weighted by atomic mass is 9.92. The second-order valence-electron chi connectivity index (χ2n) is 3.16. The fourth-order valence-electron chi connectivity index (χ4n) is 1.55. The Labute approximate surface area is 81.0 Å². The van der Waals surface area contributed by atoms with Crippen molar-refractivity contribution in [2.24, 2.45) is 0 Å². The molecule has 0 radical (unpaired) electrons. The predicted octanol–water partition coefficient (Wildman–Crippen LogP) is 1.68. The van der Waals surface area contributed by atoms with E-state index in [2.05, 4.69) is 0 Å². The molecule has 0 aromatic heterocycles. The number of hydrogen-bond acceptors (Lipinski definition) is 3. The molecule has 0 saturated heterocycles. The van der Waals surface area contributed by atoms with Crippen LogP contribution in [0, 0.1) is 0 Å². The highest BCUT2D eigenvalue weighted by Gasteiger charge is 2.28. The third-order valence-corrected chi connectivity index (χ3v) is 2.34. The van der Waals surface area contributed by atoms with E-state index in [0.717, 1.165) is 5.56 Å². The number of cyclic esters (lactones) is 1. The van der Waals surface area contributed by atoms with E-state index < -0.39 is 5.97 Å². The smallest absolute Gasteiger partial charge is 0.344 e. The van der Waals surface area contributed by atoms with Crippen molar-refractivity contribution in [1.82, 2.24) is 0 Å². The zero-order valence-corrected chi connectivity index (χ0v) is 7.61. The van der Waals surface area contributed by atoms with Crippen LogP contribution in [0.15, 0.2) is 30.0 Å². The van der Waals surface area contributed by atoms with Gasteiger partial charge in [0.15, 0.2) is 11.7 Å². The predicted molar refractivity (Wildman–Crippen MR) is 49.5 cm³/mol. The van der Waals surface area contributed by atoms with Crippen LogP contribution in [-0.4, -0.2) is 11.9 Å². The lowest BCUT2D eigenvalue weighted by Crippen LogP contribution is -2.19. The number of benzene rings is 1. The van der Waals surface area contributed by atoms with Gasteiger partial charge in [0.2, 0.25) is 0 Å². The van der Waals surface area contributed by atoms with Crippen LogP contribution >= 0.6 is 0 Å². The van der Waals surface area contributed by atoms with Gasteiger partial charge in [-0.1, -0.05) is 25.1 Å². The number of rotatable bonds is 0. The highest BCUT2D eigenvalue weighted by atomic mass is 16.5. The van der Waals surface area contributed by atoms with Crippen LogP contribution < -0.4 is 0 Å². The van der Waals surface area contributed by atoms with Gasteiger partial charge in [-0.05, 0) is 11.6 Å². The van der Waals surface area contributed by atoms with Crippen LogP contribution in [0.1, 0.15) is 28.8 Å². The molecule has 3 nitrogen and oxygen atoms in total. The number of hydrogen-bond donors (Lipinski definition) is 0. The Morgan fingerprint density at radius 2 is 2.07 bits per heavy atom. The molecule has 3 heteroatoms. The molecule has 0 bridgehead atoms. The molecule has 1 aliphatic rings. The molecule has 1 aromatic carbocycles.